The highest BCUT2D eigenvalue weighted by molar-refractivity contribution is 6.34. The lowest BCUT2D eigenvalue weighted by Crippen LogP contribution is -2.18. The van der Waals surface area contributed by atoms with Gasteiger partial charge in [0.2, 0.25) is 11.8 Å². The molecule has 4 N–H and O–H groups in total. The molecule has 0 atom stereocenters. The van der Waals surface area contributed by atoms with E-state index in [1.807, 2.05) is 0 Å². The number of oxazole rings is 1. The summed E-state index contributed by atoms with van der Waals surface area (Å²) in [7, 11) is 1.54. The molecule has 0 aliphatic heterocycles. The number of nitrogens with two attached hydrogens (primary N) is 1. The van der Waals surface area contributed by atoms with Crippen LogP contribution in [-0.2, 0) is 0 Å². The van der Waals surface area contributed by atoms with E-state index >= 15 is 0 Å². The monoisotopic (exact) mass is 358 g/mol. The summed E-state index contributed by atoms with van der Waals surface area (Å²) in [5, 5.41) is 5.82. The summed E-state index contributed by atoms with van der Waals surface area (Å²) in [5.41, 5.74) is 7.47. The fourth-order valence-corrected chi connectivity index (χ4v) is 2.41. The van der Waals surface area contributed by atoms with Crippen molar-refractivity contribution in [3.63, 3.8) is 0 Å². The zero-order chi connectivity index (χ0) is 18.0. The second-order valence-electron chi connectivity index (χ2n) is 5.17. The van der Waals surface area contributed by atoms with Crippen LogP contribution in [0.5, 0.6) is 0 Å². The van der Waals surface area contributed by atoms with Gasteiger partial charge in [0, 0.05) is 18.9 Å². The summed E-state index contributed by atoms with van der Waals surface area (Å²) in [6.45, 7) is 1.79. The fraction of sp³-hybridized carbons (Fsp3) is 0.125. The molecule has 0 aliphatic carbocycles. The van der Waals surface area contributed by atoms with Crippen molar-refractivity contribution in [3.8, 4) is 11.5 Å². The first-order chi connectivity index (χ1) is 12.0. The van der Waals surface area contributed by atoms with Gasteiger partial charge in [-0.25, -0.2) is 9.97 Å². The van der Waals surface area contributed by atoms with Crippen molar-refractivity contribution in [2.45, 2.75) is 6.92 Å². The minimum atomic E-state index is -0.261. The normalized spacial score (nSPS) is 10.5. The zero-order valence-electron chi connectivity index (χ0n) is 13.5. The van der Waals surface area contributed by atoms with Crippen molar-refractivity contribution in [3.05, 3.63) is 46.9 Å². The maximum atomic E-state index is 11.7. The molecule has 2 aromatic heterocycles. The lowest BCUT2D eigenvalue weighted by atomic mass is 10.2. The van der Waals surface area contributed by atoms with Crippen molar-refractivity contribution in [1.29, 1.82) is 0 Å². The molecule has 3 aromatic rings. The first-order valence-electron chi connectivity index (χ1n) is 7.32. The molecule has 0 bridgehead atoms. The van der Waals surface area contributed by atoms with Crippen molar-refractivity contribution < 1.29 is 9.21 Å². The molecular formula is C16H15ClN6O2. The van der Waals surface area contributed by atoms with E-state index in [9.17, 15) is 4.79 Å². The summed E-state index contributed by atoms with van der Waals surface area (Å²) in [6.07, 6.45) is 3.12. The molecule has 0 aliphatic rings. The van der Waals surface area contributed by atoms with Crippen LogP contribution in [0.15, 0.2) is 35.0 Å². The first-order valence-corrected chi connectivity index (χ1v) is 7.69. The average molecular weight is 359 g/mol. The maximum absolute atomic E-state index is 11.7. The summed E-state index contributed by atoms with van der Waals surface area (Å²) in [6, 6.07) is 4.91. The summed E-state index contributed by atoms with van der Waals surface area (Å²) in [4.78, 5) is 24.1. The molecular weight excluding hydrogens is 344 g/mol. The lowest BCUT2D eigenvalue weighted by molar-refractivity contribution is 0.0963. The Morgan fingerprint density at radius 2 is 2.08 bits per heavy atom. The predicted molar refractivity (Wildman–Crippen MR) is 94.8 cm³/mol. The number of benzene rings is 1. The van der Waals surface area contributed by atoms with Crippen molar-refractivity contribution in [1.82, 2.24) is 20.3 Å². The van der Waals surface area contributed by atoms with E-state index in [-0.39, 0.29) is 17.7 Å². The molecule has 1 aromatic carbocycles. The summed E-state index contributed by atoms with van der Waals surface area (Å²) in [5.74, 6) is 1.28. The van der Waals surface area contributed by atoms with Crippen LogP contribution in [0.3, 0.4) is 0 Å². The van der Waals surface area contributed by atoms with E-state index < -0.39 is 0 Å². The van der Waals surface area contributed by atoms with E-state index in [0.717, 1.165) is 0 Å². The van der Waals surface area contributed by atoms with E-state index in [4.69, 9.17) is 21.8 Å². The van der Waals surface area contributed by atoms with Crippen LogP contribution in [-0.4, -0.2) is 27.9 Å². The Morgan fingerprint density at radius 1 is 1.28 bits per heavy atom. The van der Waals surface area contributed by atoms with Gasteiger partial charge in [-0.15, -0.1) is 0 Å². The van der Waals surface area contributed by atoms with Gasteiger partial charge in [-0.1, -0.05) is 11.6 Å². The van der Waals surface area contributed by atoms with Gasteiger partial charge in [-0.3, -0.25) is 4.79 Å². The maximum Gasteiger partial charge on any atom is 0.252 e. The molecule has 0 spiro atoms. The quantitative estimate of drug-likeness (QED) is 0.656. The van der Waals surface area contributed by atoms with Crippen LogP contribution in [0.1, 0.15) is 16.1 Å². The highest BCUT2D eigenvalue weighted by atomic mass is 35.5. The Kier molecular flexibility index (Phi) is 4.53. The molecule has 0 radical (unpaired) electrons. The molecule has 0 saturated carbocycles. The number of carbonyl (C=O) groups is 1. The van der Waals surface area contributed by atoms with Gasteiger partial charge >= 0.3 is 0 Å². The molecule has 1 amide bonds. The van der Waals surface area contributed by atoms with Crippen LogP contribution in [0.25, 0.3) is 11.5 Å². The second kappa shape index (κ2) is 6.78. The highest BCUT2D eigenvalue weighted by Crippen LogP contribution is 2.26. The van der Waals surface area contributed by atoms with E-state index in [0.29, 0.717) is 33.5 Å². The number of hydrogen-bond acceptors (Lipinski definition) is 7. The van der Waals surface area contributed by atoms with Crippen LogP contribution in [0.4, 0.5) is 17.5 Å². The second-order valence-corrected chi connectivity index (χ2v) is 5.57. The summed E-state index contributed by atoms with van der Waals surface area (Å²) < 4.78 is 5.42. The third-order valence-electron chi connectivity index (χ3n) is 3.37. The van der Waals surface area contributed by atoms with Crippen LogP contribution in [0, 0.1) is 6.92 Å². The molecule has 25 heavy (non-hydrogen) atoms. The van der Waals surface area contributed by atoms with Crippen molar-refractivity contribution in [2.75, 3.05) is 18.1 Å². The Labute approximate surface area is 148 Å². The minimum Gasteiger partial charge on any atom is -0.441 e. The molecule has 2 heterocycles. The third-order valence-corrected chi connectivity index (χ3v) is 3.68. The van der Waals surface area contributed by atoms with Crippen molar-refractivity contribution in [2.24, 2.45) is 0 Å². The van der Waals surface area contributed by atoms with Gasteiger partial charge in [0.05, 0.1) is 22.3 Å². The SMILES string of the molecule is CNC(=O)c1ccc(Nc2ncc(-c3ncc(C)o3)c(N)n2)cc1Cl. The topological polar surface area (TPSA) is 119 Å². The molecule has 9 heteroatoms. The number of aryl methyl sites for hydroxylation is 1. The van der Waals surface area contributed by atoms with Crippen LogP contribution < -0.4 is 16.4 Å². The Morgan fingerprint density at radius 3 is 2.68 bits per heavy atom. The number of halogens is 1. The number of nitrogen functional groups attached to an aromatic ring is 1. The average Bonchev–Trinajstić information content (AvgIpc) is 3.00. The smallest absolute Gasteiger partial charge is 0.252 e. The number of nitrogens with zero attached hydrogens (tertiary/aromatic N) is 3. The number of nitrogens with one attached hydrogen (secondary N) is 2. The molecule has 8 nitrogen and oxygen atoms in total. The number of anilines is 3. The molecule has 3 rings (SSSR count). The molecule has 0 saturated heterocycles. The number of rotatable bonds is 4. The highest BCUT2D eigenvalue weighted by Gasteiger charge is 2.13. The fourth-order valence-electron chi connectivity index (χ4n) is 2.14. The van der Waals surface area contributed by atoms with E-state index in [2.05, 4.69) is 25.6 Å². The Bertz CT molecular complexity index is 940. The number of amides is 1. The predicted octanol–water partition coefficient (Wildman–Crippen LogP) is 2.78. The van der Waals surface area contributed by atoms with Gasteiger partial charge in [-0.05, 0) is 25.1 Å². The zero-order valence-corrected chi connectivity index (χ0v) is 14.3. The van der Waals surface area contributed by atoms with Gasteiger partial charge in [-0.2, -0.15) is 4.98 Å². The summed E-state index contributed by atoms with van der Waals surface area (Å²) >= 11 is 6.12. The van der Waals surface area contributed by atoms with Crippen molar-refractivity contribution >= 4 is 35.0 Å². The number of aromatic nitrogens is 3. The number of carbonyl (C=O) groups excluding carboxylic acids is 1. The molecule has 0 unspecified atom stereocenters. The third kappa shape index (κ3) is 3.53. The van der Waals surface area contributed by atoms with E-state index in [1.54, 1.807) is 38.4 Å². The van der Waals surface area contributed by atoms with E-state index in [1.165, 1.54) is 6.20 Å². The van der Waals surface area contributed by atoms with Crippen LogP contribution >= 0.6 is 11.6 Å². The minimum absolute atomic E-state index is 0.229. The molecule has 0 fully saturated rings. The van der Waals surface area contributed by atoms with Gasteiger partial charge in [0.25, 0.3) is 5.91 Å². The number of hydrogen-bond donors (Lipinski definition) is 3. The van der Waals surface area contributed by atoms with Crippen LogP contribution in [0.2, 0.25) is 5.02 Å². The Balaban J connectivity index is 1.83. The standard InChI is InChI=1S/C16H15ClN6O2/c1-8-6-20-15(25-8)11-7-21-16(23-13(11)18)22-9-3-4-10(12(17)5-9)14(24)19-2/h3-7H,1-2H3,(H,19,24)(H3,18,21,22,23). The lowest BCUT2D eigenvalue weighted by Gasteiger charge is -2.09. The largest absolute Gasteiger partial charge is 0.441 e. The first kappa shape index (κ1) is 16.7. The van der Waals surface area contributed by atoms with Gasteiger partial charge in [0.1, 0.15) is 11.6 Å². The van der Waals surface area contributed by atoms with Gasteiger partial charge in [0.15, 0.2) is 0 Å². The Hall–Kier alpha value is -3.13. The van der Waals surface area contributed by atoms with Gasteiger partial charge < -0.3 is 20.8 Å². The molecule has 128 valence electrons.